The number of aromatic nitrogens is 2. The van der Waals surface area contributed by atoms with E-state index in [-0.39, 0.29) is 11.9 Å². The largest absolute Gasteiger partial charge is 0.349 e. The summed E-state index contributed by atoms with van der Waals surface area (Å²) >= 11 is 5.98. The molecule has 0 radical (unpaired) electrons. The second-order valence-corrected chi connectivity index (χ2v) is 8.78. The molecule has 5 nitrogen and oxygen atoms in total. The lowest BCUT2D eigenvalue weighted by Gasteiger charge is -2.32. The molecule has 1 aromatic heterocycles. The summed E-state index contributed by atoms with van der Waals surface area (Å²) in [5.74, 6) is -0.00883. The fourth-order valence-corrected chi connectivity index (χ4v) is 4.40. The van der Waals surface area contributed by atoms with Crippen molar-refractivity contribution in [2.45, 2.75) is 45.8 Å². The van der Waals surface area contributed by atoms with Crippen LogP contribution in [0.4, 0.5) is 0 Å². The van der Waals surface area contributed by atoms with Crippen LogP contribution in [0, 0.1) is 13.8 Å². The van der Waals surface area contributed by atoms with Crippen LogP contribution in [-0.2, 0) is 13.1 Å². The van der Waals surface area contributed by atoms with E-state index in [4.69, 9.17) is 11.6 Å². The minimum absolute atomic E-state index is 0.00883. The van der Waals surface area contributed by atoms with E-state index in [0.29, 0.717) is 12.1 Å². The van der Waals surface area contributed by atoms with Crippen molar-refractivity contribution in [2.75, 3.05) is 13.1 Å². The Hall–Kier alpha value is -2.63. The Morgan fingerprint density at radius 1 is 1.00 bits per heavy atom. The van der Waals surface area contributed by atoms with Gasteiger partial charge in [0.15, 0.2) is 0 Å². The van der Waals surface area contributed by atoms with E-state index in [2.05, 4.69) is 39.6 Å². The fraction of sp³-hybridized carbons (Fsp3) is 0.360. The molecule has 4 rings (SSSR count). The number of nitrogens with zero attached hydrogens (tertiary/aromatic N) is 3. The molecule has 3 aromatic rings. The molecule has 6 heteroatoms. The number of hydrogen-bond donors (Lipinski definition) is 1. The maximum atomic E-state index is 13.0. The third-order valence-corrected chi connectivity index (χ3v) is 6.28. The molecular weight excluding hydrogens is 408 g/mol. The van der Waals surface area contributed by atoms with Gasteiger partial charge in [-0.15, -0.1) is 0 Å². The first kappa shape index (κ1) is 21.6. The summed E-state index contributed by atoms with van der Waals surface area (Å²) in [5.41, 5.74) is 4.85. The molecule has 1 aliphatic rings. The Bertz CT molecular complexity index is 1020. The molecule has 2 heterocycles. The van der Waals surface area contributed by atoms with Crippen LogP contribution >= 0.6 is 11.6 Å². The van der Waals surface area contributed by atoms with Gasteiger partial charge >= 0.3 is 0 Å². The van der Waals surface area contributed by atoms with Crippen molar-refractivity contribution in [1.82, 2.24) is 20.0 Å². The van der Waals surface area contributed by atoms with Crippen LogP contribution in [-0.4, -0.2) is 39.7 Å². The summed E-state index contributed by atoms with van der Waals surface area (Å²) in [6.45, 7) is 7.43. The molecule has 0 atom stereocenters. The van der Waals surface area contributed by atoms with Gasteiger partial charge in [-0.2, -0.15) is 5.10 Å². The van der Waals surface area contributed by atoms with Gasteiger partial charge in [0, 0.05) is 36.4 Å². The summed E-state index contributed by atoms with van der Waals surface area (Å²) in [4.78, 5) is 15.5. The Morgan fingerprint density at radius 3 is 2.32 bits per heavy atom. The zero-order valence-corrected chi connectivity index (χ0v) is 18.9. The SMILES string of the molecule is Cc1nn(Cc2ccccc2)c(C)c1C(=O)NC1CCN(Cc2ccc(Cl)cc2)CC1. The summed E-state index contributed by atoms with van der Waals surface area (Å²) < 4.78 is 1.92. The molecule has 162 valence electrons. The Kier molecular flexibility index (Phi) is 6.73. The van der Waals surface area contributed by atoms with Crippen molar-refractivity contribution in [3.63, 3.8) is 0 Å². The van der Waals surface area contributed by atoms with Crippen LogP contribution in [0.15, 0.2) is 54.6 Å². The molecule has 0 unspecified atom stereocenters. The van der Waals surface area contributed by atoms with Crippen molar-refractivity contribution in [1.29, 1.82) is 0 Å². The molecule has 0 aliphatic carbocycles. The number of carbonyl (C=O) groups excluding carboxylic acids is 1. The maximum absolute atomic E-state index is 13.0. The molecule has 1 saturated heterocycles. The lowest BCUT2D eigenvalue weighted by molar-refractivity contribution is 0.0907. The number of nitrogens with one attached hydrogen (secondary N) is 1. The lowest BCUT2D eigenvalue weighted by atomic mass is 10.0. The molecule has 1 aliphatic heterocycles. The van der Waals surface area contributed by atoms with E-state index >= 15 is 0 Å². The smallest absolute Gasteiger partial charge is 0.255 e. The zero-order chi connectivity index (χ0) is 21.8. The summed E-state index contributed by atoms with van der Waals surface area (Å²) in [6, 6.07) is 18.4. The monoisotopic (exact) mass is 436 g/mol. The summed E-state index contributed by atoms with van der Waals surface area (Å²) in [7, 11) is 0. The minimum atomic E-state index is -0.00883. The lowest BCUT2D eigenvalue weighted by Crippen LogP contribution is -2.44. The number of hydrogen-bond acceptors (Lipinski definition) is 3. The van der Waals surface area contributed by atoms with E-state index in [1.54, 1.807) is 0 Å². The van der Waals surface area contributed by atoms with Crippen LogP contribution in [0.25, 0.3) is 0 Å². The predicted octanol–water partition coefficient (Wildman–Crippen LogP) is 4.60. The summed E-state index contributed by atoms with van der Waals surface area (Å²) in [5, 5.41) is 8.64. The Labute approximate surface area is 189 Å². The maximum Gasteiger partial charge on any atom is 0.255 e. The molecule has 1 amide bonds. The Morgan fingerprint density at radius 2 is 1.65 bits per heavy atom. The molecule has 1 fully saturated rings. The second kappa shape index (κ2) is 9.67. The summed E-state index contributed by atoms with van der Waals surface area (Å²) in [6.07, 6.45) is 1.91. The van der Waals surface area contributed by atoms with Gasteiger partial charge in [0.05, 0.1) is 17.8 Å². The highest BCUT2D eigenvalue weighted by atomic mass is 35.5. The highest BCUT2D eigenvalue weighted by Gasteiger charge is 2.24. The fourth-order valence-electron chi connectivity index (χ4n) is 4.28. The second-order valence-electron chi connectivity index (χ2n) is 8.34. The van der Waals surface area contributed by atoms with Gasteiger partial charge < -0.3 is 5.32 Å². The minimum Gasteiger partial charge on any atom is -0.349 e. The Balaban J connectivity index is 1.33. The van der Waals surface area contributed by atoms with E-state index in [1.807, 2.05) is 48.9 Å². The first-order valence-electron chi connectivity index (χ1n) is 10.8. The van der Waals surface area contributed by atoms with E-state index < -0.39 is 0 Å². The average molecular weight is 437 g/mol. The average Bonchev–Trinajstić information content (AvgIpc) is 3.05. The van der Waals surface area contributed by atoms with Gasteiger partial charge in [-0.25, -0.2) is 0 Å². The molecular formula is C25H29ClN4O. The van der Waals surface area contributed by atoms with Crippen molar-refractivity contribution in [3.05, 3.63) is 87.7 Å². The molecule has 0 bridgehead atoms. The highest BCUT2D eigenvalue weighted by molar-refractivity contribution is 6.30. The van der Waals surface area contributed by atoms with Gasteiger partial charge in [-0.05, 0) is 49.9 Å². The van der Waals surface area contributed by atoms with Crippen LogP contribution in [0.3, 0.4) is 0 Å². The number of benzene rings is 2. The standard InChI is InChI=1S/C25H29ClN4O/c1-18-24(19(2)30(28-18)17-20-6-4-3-5-7-20)25(31)27-23-12-14-29(15-13-23)16-21-8-10-22(26)11-9-21/h3-11,23H,12-17H2,1-2H3,(H,27,31). The molecule has 0 saturated carbocycles. The van der Waals surface area contributed by atoms with E-state index in [0.717, 1.165) is 48.9 Å². The van der Waals surface area contributed by atoms with E-state index in [9.17, 15) is 4.79 Å². The number of carbonyl (C=O) groups is 1. The van der Waals surface area contributed by atoms with Crippen LogP contribution in [0.2, 0.25) is 5.02 Å². The molecule has 0 spiro atoms. The van der Waals surface area contributed by atoms with Crippen molar-refractivity contribution >= 4 is 17.5 Å². The first-order chi connectivity index (χ1) is 15.0. The quantitative estimate of drug-likeness (QED) is 0.614. The molecule has 1 N–H and O–H groups in total. The zero-order valence-electron chi connectivity index (χ0n) is 18.1. The third kappa shape index (κ3) is 5.35. The third-order valence-electron chi connectivity index (χ3n) is 6.03. The topological polar surface area (TPSA) is 50.2 Å². The first-order valence-corrected chi connectivity index (χ1v) is 11.2. The number of aryl methyl sites for hydroxylation is 1. The van der Waals surface area contributed by atoms with Crippen LogP contribution in [0.5, 0.6) is 0 Å². The van der Waals surface area contributed by atoms with Crippen LogP contribution < -0.4 is 5.32 Å². The number of amides is 1. The van der Waals surface area contributed by atoms with Crippen molar-refractivity contribution < 1.29 is 4.79 Å². The van der Waals surface area contributed by atoms with Crippen molar-refractivity contribution in [3.8, 4) is 0 Å². The van der Waals surface area contributed by atoms with Gasteiger partial charge in [0.1, 0.15) is 0 Å². The predicted molar refractivity (Wildman–Crippen MR) is 124 cm³/mol. The number of likely N-dealkylation sites (tertiary alicyclic amines) is 1. The van der Waals surface area contributed by atoms with Crippen LogP contribution in [0.1, 0.15) is 45.7 Å². The van der Waals surface area contributed by atoms with Gasteiger partial charge in [0.25, 0.3) is 5.91 Å². The molecule has 2 aromatic carbocycles. The van der Waals surface area contributed by atoms with Gasteiger partial charge in [0.2, 0.25) is 0 Å². The van der Waals surface area contributed by atoms with Gasteiger partial charge in [-0.1, -0.05) is 54.1 Å². The van der Waals surface area contributed by atoms with Gasteiger partial charge in [-0.3, -0.25) is 14.4 Å². The van der Waals surface area contributed by atoms with E-state index in [1.165, 1.54) is 11.1 Å². The number of halogens is 1. The normalized spacial score (nSPS) is 15.2. The number of piperidine rings is 1. The molecule has 31 heavy (non-hydrogen) atoms. The number of rotatable bonds is 6. The van der Waals surface area contributed by atoms with Crippen molar-refractivity contribution in [2.24, 2.45) is 0 Å². The highest BCUT2D eigenvalue weighted by Crippen LogP contribution is 2.19.